The van der Waals surface area contributed by atoms with E-state index in [0.717, 1.165) is 25.3 Å². The minimum absolute atomic E-state index is 0.111. The third-order valence-electron chi connectivity index (χ3n) is 3.29. The molecule has 1 amide bonds. The van der Waals surface area contributed by atoms with Crippen LogP contribution >= 0.6 is 0 Å². The molecule has 0 saturated heterocycles. The molecule has 0 aliphatic heterocycles. The third kappa shape index (κ3) is 7.15. The van der Waals surface area contributed by atoms with Crippen molar-refractivity contribution in [3.8, 4) is 0 Å². The van der Waals surface area contributed by atoms with E-state index in [9.17, 15) is 18.4 Å². The highest BCUT2D eigenvalue weighted by atomic mass is 19.2. The van der Waals surface area contributed by atoms with Gasteiger partial charge in [-0.2, -0.15) is 0 Å². The molecule has 0 aliphatic carbocycles. The van der Waals surface area contributed by atoms with Gasteiger partial charge in [-0.05, 0) is 30.9 Å². The van der Waals surface area contributed by atoms with Crippen LogP contribution in [0.3, 0.4) is 0 Å². The number of aliphatic carboxylic acids is 1. The van der Waals surface area contributed by atoms with Crippen molar-refractivity contribution in [2.24, 2.45) is 0 Å². The largest absolute Gasteiger partial charge is 0.481 e. The molecule has 0 heterocycles. The standard InChI is InChI=1S/C16H21F2NO3/c17-13-7-5-6-12(16(13)18)9-10-14(20)19-11-4-2-1-3-8-15(21)22/h5-7H,1-4,8-11H2,(H,19,20)(H,21,22). The predicted molar refractivity (Wildman–Crippen MR) is 78.4 cm³/mol. The van der Waals surface area contributed by atoms with Gasteiger partial charge in [0, 0.05) is 19.4 Å². The Balaban J connectivity index is 2.11. The Morgan fingerprint density at radius 2 is 1.77 bits per heavy atom. The molecule has 2 N–H and O–H groups in total. The van der Waals surface area contributed by atoms with Crippen LogP contribution in [0.1, 0.15) is 44.1 Å². The fourth-order valence-corrected chi connectivity index (χ4v) is 2.06. The average Bonchev–Trinajstić information content (AvgIpc) is 2.47. The minimum Gasteiger partial charge on any atom is -0.481 e. The summed E-state index contributed by atoms with van der Waals surface area (Å²) in [6, 6.07) is 3.93. The summed E-state index contributed by atoms with van der Waals surface area (Å²) in [5.74, 6) is -2.79. The molecule has 122 valence electrons. The van der Waals surface area contributed by atoms with Gasteiger partial charge in [-0.25, -0.2) is 8.78 Å². The number of carbonyl (C=O) groups is 2. The van der Waals surface area contributed by atoms with Gasteiger partial charge in [0.25, 0.3) is 0 Å². The SMILES string of the molecule is O=C(O)CCCCCCNC(=O)CCc1cccc(F)c1F. The van der Waals surface area contributed by atoms with E-state index in [4.69, 9.17) is 5.11 Å². The van der Waals surface area contributed by atoms with Crippen molar-refractivity contribution in [1.82, 2.24) is 5.32 Å². The molecule has 0 unspecified atom stereocenters. The summed E-state index contributed by atoms with van der Waals surface area (Å²) in [5.41, 5.74) is 0.198. The summed E-state index contributed by atoms with van der Waals surface area (Å²) in [7, 11) is 0. The second-order valence-electron chi connectivity index (χ2n) is 5.12. The number of nitrogens with one attached hydrogen (secondary N) is 1. The molecule has 0 atom stereocenters. The number of carboxylic acids is 1. The lowest BCUT2D eigenvalue weighted by molar-refractivity contribution is -0.137. The molecule has 4 nitrogen and oxygen atoms in total. The number of aryl methyl sites for hydroxylation is 1. The van der Waals surface area contributed by atoms with Gasteiger partial charge in [0.2, 0.25) is 5.91 Å². The Kier molecular flexibility index (Phi) is 8.10. The lowest BCUT2D eigenvalue weighted by atomic mass is 10.1. The topological polar surface area (TPSA) is 66.4 Å². The molecule has 0 spiro atoms. The minimum atomic E-state index is -0.903. The highest BCUT2D eigenvalue weighted by Crippen LogP contribution is 2.13. The van der Waals surface area contributed by atoms with Crippen LogP contribution in [0.4, 0.5) is 8.78 Å². The van der Waals surface area contributed by atoms with Gasteiger partial charge in [-0.1, -0.05) is 25.0 Å². The van der Waals surface area contributed by atoms with E-state index in [1.165, 1.54) is 12.1 Å². The van der Waals surface area contributed by atoms with E-state index in [2.05, 4.69) is 5.32 Å². The van der Waals surface area contributed by atoms with Gasteiger partial charge in [-0.15, -0.1) is 0 Å². The van der Waals surface area contributed by atoms with Gasteiger partial charge in [0.1, 0.15) is 0 Å². The summed E-state index contributed by atoms with van der Waals surface area (Å²) < 4.78 is 26.4. The molecule has 6 heteroatoms. The first kappa shape index (κ1) is 18.1. The molecule has 1 aromatic carbocycles. The number of halogens is 2. The maximum absolute atomic E-state index is 13.4. The number of benzene rings is 1. The summed E-state index contributed by atoms with van der Waals surface area (Å²) >= 11 is 0. The van der Waals surface area contributed by atoms with Crippen molar-refractivity contribution in [3.05, 3.63) is 35.4 Å². The zero-order valence-corrected chi connectivity index (χ0v) is 12.4. The maximum Gasteiger partial charge on any atom is 0.303 e. The normalized spacial score (nSPS) is 10.5. The number of hydrogen-bond donors (Lipinski definition) is 2. The molecular weight excluding hydrogens is 292 g/mol. The number of carbonyl (C=O) groups excluding carboxylic acids is 1. The zero-order chi connectivity index (χ0) is 16.4. The number of hydrogen-bond acceptors (Lipinski definition) is 2. The van der Waals surface area contributed by atoms with Crippen LogP contribution in [0.5, 0.6) is 0 Å². The van der Waals surface area contributed by atoms with E-state index >= 15 is 0 Å². The van der Waals surface area contributed by atoms with E-state index < -0.39 is 17.6 Å². The highest BCUT2D eigenvalue weighted by molar-refractivity contribution is 5.76. The molecule has 1 aromatic rings. The maximum atomic E-state index is 13.4. The van der Waals surface area contributed by atoms with Crippen LogP contribution in [-0.4, -0.2) is 23.5 Å². The summed E-state index contributed by atoms with van der Waals surface area (Å²) in [6.45, 7) is 0.511. The lowest BCUT2D eigenvalue weighted by Crippen LogP contribution is -2.24. The van der Waals surface area contributed by atoms with Crippen molar-refractivity contribution in [1.29, 1.82) is 0 Å². The Labute approximate surface area is 128 Å². The number of amides is 1. The molecule has 0 saturated carbocycles. The smallest absolute Gasteiger partial charge is 0.303 e. The second-order valence-corrected chi connectivity index (χ2v) is 5.12. The average molecular weight is 313 g/mol. The fraction of sp³-hybridized carbons (Fsp3) is 0.500. The van der Waals surface area contributed by atoms with Crippen LogP contribution in [0, 0.1) is 11.6 Å². The summed E-state index contributed by atoms with van der Waals surface area (Å²) in [6.07, 6.45) is 3.53. The van der Waals surface area contributed by atoms with Gasteiger partial charge in [0.15, 0.2) is 11.6 Å². The van der Waals surface area contributed by atoms with Crippen LogP contribution in [0.2, 0.25) is 0 Å². The number of rotatable bonds is 10. The first-order valence-electron chi connectivity index (χ1n) is 7.42. The highest BCUT2D eigenvalue weighted by Gasteiger charge is 2.09. The molecule has 1 rings (SSSR count). The van der Waals surface area contributed by atoms with E-state index in [1.54, 1.807) is 0 Å². The Bertz CT molecular complexity index is 506. The van der Waals surface area contributed by atoms with Crippen LogP contribution in [-0.2, 0) is 16.0 Å². The Morgan fingerprint density at radius 1 is 1.05 bits per heavy atom. The number of carboxylic acid groups (broad SMARTS) is 1. The monoisotopic (exact) mass is 313 g/mol. The fourth-order valence-electron chi connectivity index (χ4n) is 2.06. The first-order valence-corrected chi connectivity index (χ1v) is 7.42. The second kappa shape index (κ2) is 9.87. The van der Waals surface area contributed by atoms with Crippen molar-refractivity contribution in [2.45, 2.75) is 44.9 Å². The van der Waals surface area contributed by atoms with Crippen LogP contribution < -0.4 is 5.32 Å². The number of unbranched alkanes of at least 4 members (excludes halogenated alkanes) is 3. The van der Waals surface area contributed by atoms with Gasteiger partial charge >= 0.3 is 5.97 Å². The quantitative estimate of drug-likeness (QED) is 0.652. The Hall–Kier alpha value is -1.98. The molecule has 0 aliphatic rings. The lowest BCUT2D eigenvalue weighted by Gasteiger charge is -2.06. The molecular formula is C16H21F2NO3. The van der Waals surface area contributed by atoms with Crippen LogP contribution in [0.15, 0.2) is 18.2 Å². The molecule has 0 radical (unpaired) electrons. The van der Waals surface area contributed by atoms with E-state index in [-0.39, 0.29) is 30.7 Å². The van der Waals surface area contributed by atoms with Crippen molar-refractivity contribution in [2.75, 3.05) is 6.54 Å². The Morgan fingerprint density at radius 3 is 2.50 bits per heavy atom. The first-order chi connectivity index (χ1) is 10.5. The summed E-state index contributed by atoms with van der Waals surface area (Å²) in [5, 5.41) is 11.2. The van der Waals surface area contributed by atoms with Crippen LogP contribution in [0.25, 0.3) is 0 Å². The molecule has 22 heavy (non-hydrogen) atoms. The van der Waals surface area contributed by atoms with E-state index in [1.807, 2.05) is 0 Å². The van der Waals surface area contributed by atoms with Crippen molar-refractivity contribution >= 4 is 11.9 Å². The van der Waals surface area contributed by atoms with Crippen molar-refractivity contribution < 1.29 is 23.5 Å². The van der Waals surface area contributed by atoms with Gasteiger partial charge in [-0.3, -0.25) is 9.59 Å². The molecule has 0 fully saturated rings. The predicted octanol–water partition coefficient (Wildman–Crippen LogP) is 3.05. The van der Waals surface area contributed by atoms with Gasteiger partial charge in [0.05, 0.1) is 0 Å². The third-order valence-corrected chi connectivity index (χ3v) is 3.29. The van der Waals surface area contributed by atoms with Crippen molar-refractivity contribution in [3.63, 3.8) is 0 Å². The molecule has 0 aromatic heterocycles. The zero-order valence-electron chi connectivity index (χ0n) is 12.4. The summed E-state index contributed by atoms with van der Waals surface area (Å²) in [4.78, 5) is 21.9. The molecule has 0 bridgehead atoms. The van der Waals surface area contributed by atoms with E-state index in [0.29, 0.717) is 13.0 Å². The van der Waals surface area contributed by atoms with Gasteiger partial charge < -0.3 is 10.4 Å².